The SMILES string of the molecule is COc1cc(Br)c(Oc2ncc(N)cc2Br)cc1Br. The Bertz CT molecular complexity index is 620. The molecule has 0 aliphatic heterocycles. The summed E-state index contributed by atoms with van der Waals surface area (Å²) < 4.78 is 13.2. The zero-order valence-corrected chi connectivity index (χ0v) is 14.5. The summed E-state index contributed by atoms with van der Waals surface area (Å²) in [5, 5.41) is 0. The lowest BCUT2D eigenvalue weighted by Gasteiger charge is -2.11. The molecule has 0 fully saturated rings. The molecule has 0 aliphatic carbocycles. The van der Waals surface area contributed by atoms with E-state index in [1.807, 2.05) is 6.07 Å². The fourth-order valence-corrected chi connectivity index (χ4v) is 2.70. The molecule has 19 heavy (non-hydrogen) atoms. The lowest BCUT2D eigenvalue weighted by molar-refractivity contribution is 0.408. The van der Waals surface area contributed by atoms with Gasteiger partial charge in [-0.25, -0.2) is 4.98 Å². The van der Waals surface area contributed by atoms with Crippen molar-refractivity contribution < 1.29 is 9.47 Å². The Morgan fingerprint density at radius 2 is 1.63 bits per heavy atom. The first kappa shape index (κ1) is 14.6. The number of hydrogen-bond acceptors (Lipinski definition) is 4. The van der Waals surface area contributed by atoms with Crippen LogP contribution in [-0.2, 0) is 0 Å². The fraction of sp³-hybridized carbons (Fsp3) is 0.0833. The Labute approximate surface area is 135 Å². The summed E-state index contributed by atoms with van der Waals surface area (Å²) in [4.78, 5) is 4.12. The number of nitrogens with zero attached hydrogens (tertiary/aromatic N) is 1. The van der Waals surface area contributed by atoms with Gasteiger partial charge in [0.2, 0.25) is 5.88 Å². The van der Waals surface area contributed by atoms with Crippen LogP contribution < -0.4 is 15.2 Å². The van der Waals surface area contributed by atoms with Crippen LogP contribution in [-0.4, -0.2) is 12.1 Å². The third kappa shape index (κ3) is 3.40. The summed E-state index contributed by atoms with van der Waals surface area (Å²) in [6, 6.07) is 5.34. The number of halogens is 3. The molecule has 0 spiro atoms. The van der Waals surface area contributed by atoms with Crippen LogP contribution in [0.25, 0.3) is 0 Å². The summed E-state index contributed by atoms with van der Waals surface area (Å²) in [7, 11) is 1.60. The highest BCUT2D eigenvalue weighted by atomic mass is 79.9. The third-order valence-electron chi connectivity index (χ3n) is 2.24. The van der Waals surface area contributed by atoms with Gasteiger partial charge in [0.25, 0.3) is 0 Å². The van der Waals surface area contributed by atoms with Gasteiger partial charge in [0.05, 0.1) is 32.4 Å². The minimum Gasteiger partial charge on any atom is -0.496 e. The van der Waals surface area contributed by atoms with Crippen LogP contribution in [0.15, 0.2) is 37.8 Å². The first-order chi connectivity index (χ1) is 9.01. The monoisotopic (exact) mass is 450 g/mol. The van der Waals surface area contributed by atoms with Crippen LogP contribution in [0, 0.1) is 0 Å². The van der Waals surface area contributed by atoms with E-state index in [-0.39, 0.29) is 0 Å². The van der Waals surface area contributed by atoms with Crippen LogP contribution >= 0.6 is 47.8 Å². The number of nitrogen functional groups attached to an aromatic ring is 1. The summed E-state index contributed by atoms with van der Waals surface area (Å²) >= 11 is 10.2. The molecule has 1 aromatic heterocycles. The van der Waals surface area contributed by atoms with E-state index in [4.69, 9.17) is 15.2 Å². The zero-order chi connectivity index (χ0) is 14.0. The van der Waals surface area contributed by atoms with Gasteiger partial charge in [-0.2, -0.15) is 0 Å². The minimum absolute atomic E-state index is 0.437. The molecular formula is C12H9Br3N2O2. The van der Waals surface area contributed by atoms with Crippen LogP contribution in [0.1, 0.15) is 0 Å². The van der Waals surface area contributed by atoms with E-state index in [0.29, 0.717) is 27.5 Å². The van der Waals surface area contributed by atoms with Crippen LogP contribution in [0.3, 0.4) is 0 Å². The molecule has 2 aromatic rings. The smallest absolute Gasteiger partial charge is 0.233 e. The minimum atomic E-state index is 0.437. The van der Waals surface area contributed by atoms with Gasteiger partial charge >= 0.3 is 0 Å². The molecule has 0 atom stereocenters. The standard InChI is InChI=1S/C12H9Br3N2O2/c1-18-10-3-8(14)11(4-7(10)13)19-12-9(15)2-6(16)5-17-12/h2-5H,16H2,1H3. The zero-order valence-electron chi connectivity index (χ0n) is 9.78. The lowest BCUT2D eigenvalue weighted by atomic mass is 10.3. The molecule has 0 radical (unpaired) electrons. The summed E-state index contributed by atoms with van der Waals surface area (Å²) in [6.07, 6.45) is 1.53. The van der Waals surface area contributed by atoms with Gasteiger partial charge in [-0.1, -0.05) is 0 Å². The molecule has 100 valence electrons. The maximum absolute atomic E-state index is 5.73. The number of aromatic nitrogens is 1. The van der Waals surface area contributed by atoms with Crippen molar-refractivity contribution in [2.45, 2.75) is 0 Å². The Hall–Kier alpha value is -0.790. The maximum atomic E-state index is 5.73. The molecule has 2 N–H and O–H groups in total. The summed E-state index contributed by atoms with van der Waals surface area (Å²) in [5.74, 6) is 1.76. The first-order valence-corrected chi connectivity index (χ1v) is 7.51. The Balaban J connectivity index is 2.35. The number of pyridine rings is 1. The van der Waals surface area contributed by atoms with Gasteiger partial charge < -0.3 is 15.2 Å². The molecule has 2 rings (SSSR count). The quantitative estimate of drug-likeness (QED) is 0.730. The second-order valence-electron chi connectivity index (χ2n) is 3.57. The number of benzene rings is 1. The molecular weight excluding hydrogens is 444 g/mol. The van der Waals surface area contributed by atoms with E-state index >= 15 is 0 Å². The average molecular weight is 453 g/mol. The number of methoxy groups -OCH3 is 1. The molecule has 0 saturated carbocycles. The van der Waals surface area contributed by atoms with Crippen LogP contribution in [0.2, 0.25) is 0 Å². The topological polar surface area (TPSA) is 57.4 Å². The highest BCUT2D eigenvalue weighted by Gasteiger charge is 2.11. The average Bonchev–Trinajstić information content (AvgIpc) is 2.36. The molecule has 1 aromatic carbocycles. The Morgan fingerprint density at radius 1 is 1.00 bits per heavy atom. The molecule has 0 aliphatic rings. The van der Waals surface area contributed by atoms with Crippen molar-refractivity contribution in [1.29, 1.82) is 0 Å². The van der Waals surface area contributed by atoms with Crippen molar-refractivity contribution in [3.63, 3.8) is 0 Å². The predicted molar refractivity (Wildman–Crippen MR) is 84.8 cm³/mol. The molecule has 0 unspecified atom stereocenters. The molecule has 4 nitrogen and oxygen atoms in total. The maximum Gasteiger partial charge on any atom is 0.233 e. The highest BCUT2D eigenvalue weighted by Crippen LogP contribution is 2.39. The number of nitrogens with two attached hydrogens (primary N) is 1. The molecule has 0 amide bonds. The highest BCUT2D eigenvalue weighted by molar-refractivity contribution is 9.11. The Kier molecular flexibility index (Phi) is 4.70. The van der Waals surface area contributed by atoms with Crippen molar-refractivity contribution in [1.82, 2.24) is 4.98 Å². The van der Waals surface area contributed by atoms with Gasteiger partial charge in [0.15, 0.2) is 0 Å². The van der Waals surface area contributed by atoms with Gasteiger partial charge in [0, 0.05) is 0 Å². The summed E-state index contributed by atoms with van der Waals surface area (Å²) in [6.45, 7) is 0. The third-order valence-corrected chi connectivity index (χ3v) is 4.05. The molecule has 1 heterocycles. The second kappa shape index (κ2) is 6.11. The Morgan fingerprint density at radius 3 is 2.26 bits per heavy atom. The van der Waals surface area contributed by atoms with E-state index in [1.54, 1.807) is 19.2 Å². The van der Waals surface area contributed by atoms with E-state index in [0.717, 1.165) is 8.95 Å². The van der Waals surface area contributed by atoms with Crippen LogP contribution in [0.4, 0.5) is 5.69 Å². The molecule has 0 bridgehead atoms. The van der Waals surface area contributed by atoms with Gasteiger partial charge in [-0.15, -0.1) is 0 Å². The van der Waals surface area contributed by atoms with E-state index in [9.17, 15) is 0 Å². The fourth-order valence-electron chi connectivity index (χ4n) is 1.36. The van der Waals surface area contributed by atoms with Crippen molar-refractivity contribution >= 4 is 53.5 Å². The number of ether oxygens (including phenoxy) is 2. The number of rotatable bonds is 3. The van der Waals surface area contributed by atoms with Crippen LogP contribution in [0.5, 0.6) is 17.4 Å². The number of hydrogen-bond donors (Lipinski definition) is 1. The first-order valence-electron chi connectivity index (χ1n) is 5.13. The van der Waals surface area contributed by atoms with E-state index in [1.165, 1.54) is 6.20 Å². The molecule has 7 heteroatoms. The van der Waals surface area contributed by atoms with Gasteiger partial charge in [-0.3, -0.25) is 0 Å². The van der Waals surface area contributed by atoms with Gasteiger partial charge in [-0.05, 0) is 66.0 Å². The van der Waals surface area contributed by atoms with Crippen molar-refractivity contribution in [3.8, 4) is 17.4 Å². The second-order valence-corrected chi connectivity index (χ2v) is 6.14. The largest absolute Gasteiger partial charge is 0.496 e. The normalized spacial score (nSPS) is 10.3. The van der Waals surface area contributed by atoms with Crippen molar-refractivity contribution in [2.24, 2.45) is 0 Å². The molecule has 0 saturated heterocycles. The number of anilines is 1. The van der Waals surface area contributed by atoms with Crippen molar-refractivity contribution in [3.05, 3.63) is 37.8 Å². The van der Waals surface area contributed by atoms with Gasteiger partial charge in [0.1, 0.15) is 11.5 Å². The predicted octanol–water partition coefficient (Wildman–Crippen LogP) is 4.75. The lowest BCUT2D eigenvalue weighted by Crippen LogP contribution is -1.94. The summed E-state index contributed by atoms with van der Waals surface area (Å²) in [5.41, 5.74) is 6.20. The van der Waals surface area contributed by atoms with E-state index < -0.39 is 0 Å². The van der Waals surface area contributed by atoms with E-state index in [2.05, 4.69) is 52.8 Å². The van der Waals surface area contributed by atoms with Crippen molar-refractivity contribution in [2.75, 3.05) is 12.8 Å².